The molecular formula is C28H26NO5P. The predicted octanol–water partition coefficient (Wildman–Crippen LogP) is 6.21. The van der Waals surface area contributed by atoms with E-state index in [1.807, 2.05) is 24.3 Å². The lowest BCUT2D eigenvalue weighted by Crippen LogP contribution is -2.00. The average Bonchev–Trinajstić information content (AvgIpc) is 3.18. The first kappa shape index (κ1) is 23.0. The van der Waals surface area contributed by atoms with Crippen molar-refractivity contribution in [1.82, 2.24) is 4.57 Å². The highest BCUT2D eigenvalue weighted by atomic mass is 31.1. The topological polar surface area (TPSA) is 69.9 Å². The summed E-state index contributed by atoms with van der Waals surface area (Å²) in [6.07, 6.45) is 0.612. The molecule has 5 aromatic rings. The second-order valence-corrected chi connectivity index (χ2v) is 9.06. The number of methoxy groups -OCH3 is 2. The maximum atomic E-state index is 11.2. The highest BCUT2D eigenvalue weighted by molar-refractivity contribution is 7.32. The van der Waals surface area contributed by atoms with Gasteiger partial charge in [-0.3, -0.25) is 0 Å². The molecule has 178 valence electrons. The van der Waals surface area contributed by atoms with Crippen LogP contribution in [0, 0.1) is 0 Å². The molecule has 0 aliphatic heterocycles. The lowest BCUT2D eigenvalue weighted by atomic mass is 10.0. The summed E-state index contributed by atoms with van der Waals surface area (Å²) in [5.74, 6) is 2.08. The van der Waals surface area contributed by atoms with Crippen LogP contribution in [-0.4, -0.2) is 23.7 Å². The van der Waals surface area contributed by atoms with E-state index in [-0.39, 0.29) is 0 Å². The van der Waals surface area contributed by atoms with Gasteiger partial charge in [0.1, 0.15) is 17.2 Å². The van der Waals surface area contributed by atoms with Gasteiger partial charge in [-0.05, 0) is 59.2 Å². The molecule has 1 atom stereocenters. The second kappa shape index (κ2) is 9.87. The van der Waals surface area contributed by atoms with Gasteiger partial charge < -0.3 is 23.5 Å². The molecule has 0 saturated heterocycles. The normalized spacial score (nSPS) is 12.1. The van der Waals surface area contributed by atoms with Crippen LogP contribution in [0.2, 0.25) is 0 Å². The zero-order valence-electron chi connectivity index (χ0n) is 19.5. The molecule has 0 saturated carbocycles. The van der Waals surface area contributed by atoms with Crippen LogP contribution in [0.25, 0.3) is 21.8 Å². The summed E-state index contributed by atoms with van der Waals surface area (Å²) in [5.41, 5.74) is 5.40. The Balaban J connectivity index is 1.46. The fraction of sp³-hybridized carbons (Fsp3) is 0.143. The largest absolute Gasteiger partial charge is 0.497 e. The Morgan fingerprint density at radius 1 is 0.771 bits per heavy atom. The molecule has 6 nitrogen and oxygen atoms in total. The summed E-state index contributed by atoms with van der Waals surface area (Å²) in [6, 6.07) is 28.0. The lowest BCUT2D eigenvalue weighted by molar-refractivity contribution is 0.409. The third-order valence-electron chi connectivity index (χ3n) is 6.21. The fourth-order valence-corrected chi connectivity index (χ4v) is 4.88. The molecule has 0 fully saturated rings. The Kier molecular flexibility index (Phi) is 6.49. The maximum absolute atomic E-state index is 11.2. The van der Waals surface area contributed by atoms with Crippen LogP contribution < -0.4 is 14.0 Å². The highest BCUT2D eigenvalue weighted by Gasteiger charge is 2.13. The third-order valence-corrected chi connectivity index (χ3v) is 6.60. The second-order valence-electron chi connectivity index (χ2n) is 8.32. The first-order valence-corrected chi connectivity index (χ1v) is 12.5. The van der Waals surface area contributed by atoms with E-state index in [1.165, 1.54) is 5.56 Å². The van der Waals surface area contributed by atoms with Gasteiger partial charge in [-0.1, -0.05) is 42.5 Å². The molecule has 1 heterocycles. The van der Waals surface area contributed by atoms with Crippen LogP contribution in [0.5, 0.6) is 17.2 Å². The first-order valence-electron chi connectivity index (χ1n) is 11.3. The van der Waals surface area contributed by atoms with E-state index in [0.29, 0.717) is 18.7 Å². The SMILES string of the molecule is COc1ccc2c(c1)c1cc(OC)ccc1n2Cc1ccc(Cc2ccccc2O[PH](=O)O)cc1. The molecule has 1 unspecified atom stereocenters. The Morgan fingerprint density at radius 3 is 1.91 bits per heavy atom. The molecule has 1 N–H and O–H groups in total. The molecule has 1 aromatic heterocycles. The molecule has 0 amide bonds. The Bertz CT molecular complexity index is 1460. The van der Waals surface area contributed by atoms with Crippen molar-refractivity contribution >= 4 is 30.1 Å². The molecule has 35 heavy (non-hydrogen) atoms. The van der Waals surface area contributed by atoms with Crippen LogP contribution in [0.15, 0.2) is 84.9 Å². The zero-order chi connectivity index (χ0) is 24.4. The summed E-state index contributed by atoms with van der Waals surface area (Å²) in [4.78, 5) is 9.17. The number of hydrogen-bond acceptors (Lipinski definition) is 4. The minimum Gasteiger partial charge on any atom is -0.497 e. The van der Waals surface area contributed by atoms with E-state index in [1.54, 1.807) is 26.4 Å². The van der Waals surface area contributed by atoms with Gasteiger partial charge in [-0.2, -0.15) is 0 Å². The van der Waals surface area contributed by atoms with Crippen molar-refractivity contribution in [2.24, 2.45) is 0 Å². The number of benzene rings is 4. The number of fused-ring (bicyclic) bond motifs is 3. The number of nitrogens with zero attached hydrogens (tertiary/aromatic N) is 1. The predicted molar refractivity (Wildman–Crippen MR) is 139 cm³/mol. The fourth-order valence-electron chi connectivity index (χ4n) is 4.50. The minimum absolute atomic E-state index is 0.444. The van der Waals surface area contributed by atoms with Gasteiger partial charge in [-0.25, -0.2) is 4.57 Å². The number of hydrogen-bond donors (Lipinski definition) is 1. The molecule has 4 aromatic carbocycles. The van der Waals surface area contributed by atoms with Gasteiger partial charge in [-0.15, -0.1) is 0 Å². The molecule has 5 rings (SSSR count). The number of rotatable bonds is 8. The molecule has 0 aliphatic carbocycles. The van der Waals surface area contributed by atoms with Crippen LogP contribution in [-0.2, 0) is 17.5 Å². The van der Waals surface area contributed by atoms with E-state index in [2.05, 4.69) is 53.1 Å². The number of aromatic nitrogens is 1. The van der Waals surface area contributed by atoms with Crippen molar-refractivity contribution in [3.8, 4) is 17.2 Å². The summed E-state index contributed by atoms with van der Waals surface area (Å²) in [5, 5.41) is 2.24. The molecule has 0 aliphatic rings. The molecular weight excluding hydrogens is 461 g/mol. The highest BCUT2D eigenvalue weighted by Crippen LogP contribution is 2.35. The van der Waals surface area contributed by atoms with Gasteiger partial charge >= 0.3 is 8.25 Å². The standard InChI is InChI=1S/C28H26NO5P/c1-32-22-11-13-26-24(16-22)25-17-23(33-2)12-14-27(25)29(26)18-20-9-7-19(8-10-20)15-21-5-3-4-6-28(21)34-35(30)31/h3-14,16-17,35H,15,18H2,1-2H3,(H,30,31). The molecule has 0 radical (unpaired) electrons. The van der Waals surface area contributed by atoms with Gasteiger partial charge in [0.2, 0.25) is 0 Å². The Morgan fingerprint density at radius 2 is 1.34 bits per heavy atom. The van der Waals surface area contributed by atoms with E-state index in [9.17, 15) is 9.46 Å². The van der Waals surface area contributed by atoms with Crippen LogP contribution >= 0.6 is 8.25 Å². The van der Waals surface area contributed by atoms with Gasteiger partial charge in [0.05, 0.1) is 14.2 Å². The summed E-state index contributed by atoms with van der Waals surface area (Å²) in [6.45, 7) is 0.713. The van der Waals surface area contributed by atoms with E-state index in [0.717, 1.165) is 44.4 Å². The molecule has 7 heteroatoms. The maximum Gasteiger partial charge on any atom is 0.365 e. The van der Waals surface area contributed by atoms with E-state index >= 15 is 0 Å². The third kappa shape index (κ3) is 4.76. The van der Waals surface area contributed by atoms with Crippen molar-refractivity contribution in [3.63, 3.8) is 0 Å². The average molecular weight is 487 g/mol. The van der Waals surface area contributed by atoms with Crippen molar-refractivity contribution in [3.05, 3.63) is 102 Å². The van der Waals surface area contributed by atoms with Crippen LogP contribution in [0.4, 0.5) is 0 Å². The van der Waals surface area contributed by atoms with Gasteiger partial charge in [0, 0.05) is 34.8 Å². The summed E-state index contributed by atoms with van der Waals surface area (Å²) in [7, 11) is 0.307. The van der Waals surface area contributed by atoms with Gasteiger partial charge in [0.15, 0.2) is 0 Å². The smallest absolute Gasteiger partial charge is 0.365 e. The molecule has 0 spiro atoms. The Labute approximate surface area is 204 Å². The van der Waals surface area contributed by atoms with Crippen molar-refractivity contribution < 1.29 is 23.5 Å². The van der Waals surface area contributed by atoms with Gasteiger partial charge in [0.25, 0.3) is 0 Å². The molecule has 0 bridgehead atoms. The lowest BCUT2D eigenvalue weighted by Gasteiger charge is -2.11. The monoisotopic (exact) mass is 487 g/mol. The van der Waals surface area contributed by atoms with E-state index in [4.69, 9.17) is 14.0 Å². The minimum atomic E-state index is -3.05. The zero-order valence-corrected chi connectivity index (χ0v) is 20.5. The summed E-state index contributed by atoms with van der Waals surface area (Å²) >= 11 is 0. The quantitative estimate of drug-likeness (QED) is 0.264. The van der Waals surface area contributed by atoms with Crippen LogP contribution in [0.1, 0.15) is 16.7 Å². The number of ether oxygens (including phenoxy) is 2. The number of para-hydroxylation sites is 1. The first-order chi connectivity index (χ1) is 17.1. The Hall–Kier alpha value is -3.73. The van der Waals surface area contributed by atoms with Crippen LogP contribution in [0.3, 0.4) is 0 Å². The summed E-state index contributed by atoms with van der Waals surface area (Å²) < 4.78 is 29.5. The van der Waals surface area contributed by atoms with E-state index < -0.39 is 8.25 Å². The van der Waals surface area contributed by atoms with Crippen molar-refractivity contribution in [1.29, 1.82) is 0 Å². The van der Waals surface area contributed by atoms with Crippen molar-refractivity contribution in [2.75, 3.05) is 14.2 Å². The van der Waals surface area contributed by atoms with Crippen molar-refractivity contribution in [2.45, 2.75) is 13.0 Å².